The van der Waals surface area contributed by atoms with Crippen molar-refractivity contribution < 1.29 is 4.79 Å². The zero-order chi connectivity index (χ0) is 24.1. The van der Waals surface area contributed by atoms with Crippen LogP contribution in [0.15, 0.2) is 50.1 Å². The van der Waals surface area contributed by atoms with Crippen LogP contribution in [0.4, 0.5) is 0 Å². The molecule has 1 amide bonds. The molecule has 0 bridgehead atoms. The third kappa shape index (κ3) is 17.0. The fraction of sp³-hybridized carbons (Fsp3) is 0.480. The zero-order valence-electron chi connectivity index (χ0n) is 20.0. The lowest BCUT2D eigenvalue weighted by Gasteiger charge is -2.03. The van der Waals surface area contributed by atoms with Gasteiger partial charge in [-0.1, -0.05) is 81.8 Å². The fourth-order valence-electron chi connectivity index (χ4n) is 2.39. The van der Waals surface area contributed by atoms with Gasteiger partial charge in [-0.3, -0.25) is 4.79 Å². The number of unbranched alkanes of at least 4 members (excludes halogenated alkanes) is 2. The van der Waals surface area contributed by atoms with Gasteiger partial charge in [-0.2, -0.15) is 0 Å². The van der Waals surface area contributed by atoms with Crippen molar-refractivity contribution in [2.75, 3.05) is 0 Å². The Balaban J connectivity index is 0. The molecule has 6 heteroatoms. The molecule has 0 atom stereocenters. The van der Waals surface area contributed by atoms with Crippen LogP contribution in [0.5, 0.6) is 0 Å². The molecule has 31 heavy (non-hydrogen) atoms. The van der Waals surface area contributed by atoms with Crippen molar-refractivity contribution in [3.8, 4) is 0 Å². The highest BCUT2D eigenvalue weighted by Gasteiger charge is 2.05. The first-order valence-electron chi connectivity index (χ1n) is 10.7. The minimum Gasteiger partial charge on any atom is -0.351 e. The molecular weight excluding hydrogens is 408 g/mol. The summed E-state index contributed by atoms with van der Waals surface area (Å²) in [6.45, 7) is 21.4. The van der Waals surface area contributed by atoms with Crippen LogP contribution < -0.4 is 5.32 Å². The van der Waals surface area contributed by atoms with Crippen LogP contribution in [0.3, 0.4) is 0 Å². The Morgan fingerprint density at radius 1 is 1.13 bits per heavy atom. The number of aryl methyl sites for hydroxylation is 2. The number of allylic oxidation sites excluding steroid dienone is 1. The highest BCUT2D eigenvalue weighted by atomic mass is 35.5. The fourth-order valence-corrected chi connectivity index (χ4v) is 2.52. The molecule has 0 saturated carbocycles. The summed E-state index contributed by atoms with van der Waals surface area (Å²) >= 11 is 5.61. The Bertz CT molecular complexity index is 675. The van der Waals surface area contributed by atoms with E-state index in [1.807, 2.05) is 42.7 Å². The average Bonchev–Trinajstić information content (AvgIpc) is 3.11. The first-order chi connectivity index (χ1) is 14.8. The number of nitrogens with one attached hydrogen (secondary N) is 1. The van der Waals surface area contributed by atoms with Gasteiger partial charge in [-0.15, -0.1) is 29.9 Å². The molecule has 0 radical (unpaired) electrons. The second-order valence-corrected chi connectivity index (χ2v) is 7.68. The van der Waals surface area contributed by atoms with E-state index in [2.05, 4.69) is 56.0 Å². The van der Waals surface area contributed by atoms with Gasteiger partial charge in [0.25, 0.3) is 0 Å². The van der Waals surface area contributed by atoms with Crippen molar-refractivity contribution in [3.05, 3.63) is 72.3 Å². The smallest absolute Gasteiger partial charge is 0.207 e. The minimum atomic E-state index is 0.401. The lowest BCUT2D eigenvalue weighted by molar-refractivity contribution is -0.109. The number of hydrogen-bond acceptors (Lipinski definition) is 3. The van der Waals surface area contributed by atoms with Crippen molar-refractivity contribution >= 4 is 18.0 Å². The van der Waals surface area contributed by atoms with Crippen LogP contribution in [0.1, 0.15) is 63.7 Å². The number of hydrogen-bond donors (Lipinski definition) is 1. The molecule has 0 unspecified atom stereocenters. The topological polar surface area (TPSA) is 59.8 Å². The summed E-state index contributed by atoms with van der Waals surface area (Å²) in [5.74, 6) is 2.47. The Morgan fingerprint density at radius 3 is 2.19 bits per heavy atom. The molecule has 1 N–H and O–H groups in total. The minimum absolute atomic E-state index is 0.401. The first kappa shape index (κ1) is 30.8. The predicted octanol–water partition coefficient (Wildman–Crippen LogP) is 6.69. The van der Waals surface area contributed by atoms with E-state index in [9.17, 15) is 4.79 Å². The van der Waals surface area contributed by atoms with Crippen molar-refractivity contribution in [3.63, 3.8) is 0 Å². The first-order valence-corrected chi connectivity index (χ1v) is 11.1. The SMILES string of the molecule is C=C.C=CCn1c(C)nnc1CNC=O.CCCCCC(C)C.Cc1ccc(Cl)cc1. The van der Waals surface area contributed by atoms with Gasteiger partial charge in [-0.05, 0) is 31.9 Å². The van der Waals surface area contributed by atoms with Crippen molar-refractivity contribution in [1.29, 1.82) is 0 Å². The Morgan fingerprint density at radius 2 is 1.74 bits per heavy atom. The molecule has 174 valence electrons. The Kier molecular flexibility index (Phi) is 20.7. The highest BCUT2D eigenvalue weighted by Crippen LogP contribution is 2.08. The monoisotopic (exact) mass is 448 g/mol. The summed E-state index contributed by atoms with van der Waals surface area (Å²) in [7, 11) is 0. The number of halogens is 1. The van der Waals surface area contributed by atoms with Gasteiger partial charge in [0.05, 0.1) is 6.54 Å². The van der Waals surface area contributed by atoms with Crippen LogP contribution in [-0.2, 0) is 17.9 Å². The second-order valence-electron chi connectivity index (χ2n) is 7.25. The molecule has 1 heterocycles. The third-order valence-electron chi connectivity index (χ3n) is 4.06. The molecular formula is C25H41ClN4O. The van der Waals surface area contributed by atoms with Crippen LogP contribution >= 0.6 is 11.6 Å². The van der Waals surface area contributed by atoms with Crippen LogP contribution in [0.2, 0.25) is 5.02 Å². The molecule has 1 aromatic heterocycles. The summed E-state index contributed by atoms with van der Waals surface area (Å²) in [6, 6.07) is 7.75. The maximum Gasteiger partial charge on any atom is 0.207 e. The number of rotatable bonds is 9. The van der Waals surface area contributed by atoms with Gasteiger partial charge in [0.2, 0.25) is 6.41 Å². The van der Waals surface area contributed by atoms with E-state index in [4.69, 9.17) is 11.6 Å². The quantitative estimate of drug-likeness (QED) is 0.264. The summed E-state index contributed by atoms with van der Waals surface area (Å²) < 4.78 is 1.89. The van der Waals surface area contributed by atoms with Gasteiger partial charge >= 0.3 is 0 Å². The van der Waals surface area contributed by atoms with E-state index in [-0.39, 0.29) is 0 Å². The van der Waals surface area contributed by atoms with Gasteiger partial charge in [-0.25, -0.2) is 0 Å². The average molecular weight is 449 g/mol. The van der Waals surface area contributed by atoms with Gasteiger partial charge in [0, 0.05) is 11.6 Å². The predicted molar refractivity (Wildman–Crippen MR) is 134 cm³/mol. The summed E-state index contributed by atoms with van der Waals surface area (Å²) in [5, 5.41) is 11.2. The van der Waals surface area contributed by atoms with E-state index in [1.54, 1.807) is 6.08 Å². The van der Waals surface area contributed by atoms with Crippen LogP contribution in [0, 0.1) is 19.8 Å². The molecule has 0 aliphatic rings. The summed E-state index contributed by atoms with van der Waals surface area (Å²) in [4.78, 5) is 10.1. The van der Waals surface area contributed by atoms with E-state index in [0.717, 1.165) is 22.6 Å². The van der Waals surface area contributed by atoms with E-state index in [1.165, 1.54) is 31.2 Å². The van der Waals surface area contributed by atoms with E-state index < -0.39 is 0 Å². The Labute approximate surface area is 194 Å². The molecule has 0 aliphatic carbocycles. The molecule has 0 saturated heterocycles. The maximum absolute atomic E-state index is 10.1. The van der Waals surface area contributed by atoms with Gasteiger partial charge in [0.15, 0.2) is 5.82 Å². The zero-order valence-corrected chi connectivity index (χ0v) is 20.8. The molecule has 2 aromatic rings. The second kappa shape index (κ2) is 20.9. The lowest BCUT2D eigenvalue weighted by atomic mass is 10.1. The van der Waals surface area contributed by atoms with Crippen LogP contribution in [-0.4, -0.2) is 21.2 Å². The van der Waals surface area contributed by atoms with Crippen molar-refractivity contribution in [2.45, 2.75) is 73.4 Å². The number of carbonyl (C=O) groups excluding carboxylic acids is 1. The summed E-state index contributed by atoms with van der Waals surface area (Å²) in [6.07, 6.45) is 8.01. The maximum atomic E-state index is 10.1. The van der Waals surface area contributed by atoms with Gasteiger partial charge in [0.1, 0.15) is 5.82 Å². The standard InChI is InChI=1S/C8H12N4O.C8H18.C7H7Cl.C2H4/c1-3-4-12-7(2)10-11-8(12)5-9-6-13;1-4-5-6-7-8(2)3;1-6-2-4-7(8)5-3-6;1-2/h3,6H,1,4-5H2,2H3,(H,9,13);8H,4-7H2,1-3H3;2-5H,1H3;1-2H2. The lowest BCUT2D eigenvalue weighted by Crippen LogP contribution is -2.15. The number of aromatic nitrogens is 3. The Hall–Kier alpha value is -2.40. The van der Waals surface area contributed by atoms with Crippen molar-refractivity contribution in [2.24, 2.45) is 5.92 Å². The van der Waals surface area contributed by atoms with E-state index >= 15 is 0 Å². The molecule has 2 rings (SSSR count). The molecule has 0 aliphatic heterocycles. The number of amides is 1. The molecule has 1 aromatic carbocycles. The number of carbonyl (C=O) groups is 1. The molecule has 0 spiro atoms. The summed E-state index contributed by atoms with van der Waals surface area (Å²) in [5.41, 5.74) is 1.24. The molecule has 5 nitrogen and oxygen atoms in total. The van der Waals surface area contributed by atoms with E-state index in [0.29, 0.717) is 19.5 Å². The van der Waals surface area contributed by atoms with Crippen molar-refractivity contribution in [1.82, 2.24) is 20.1 Å². The third-order valence-corrected chi connectivity index (χ3v) is 4.32. The number of nitrogens with zero attached hydrogens (tertiary/aromatic N) is 3. The number of benzene rings is 1. The van der Waals surface area contributed by atoms with Gasteiger partial charge < -0.3 is 9.88 Å². The van der Waals surface area contributed by atoms with Crippen LogP contribution in [0.25, 0.3) is 0 Å². The molecule has 0 fully saturated rings. The largest absolute Gasteiger partial charge is 0.351 e. The highest BCUT2D eigenvalue weighted by molar-refractivity contribution is 6.30. The normalized spacial score (nSPS) is 9.26.